The molecule has 160 valence electrons. The van der Waals surface area contributed by atoms with Crippen LogP contribution in [0.2, 0.25) is 0 Å². The van der Waals surface area contributed by atoms with Gasteiger partial charge in [0.15, 0.2) is 0 Å². The number of nitrogens with zero attached hydrogens (tertiary/aromatic N) is 2. The maximum Gasteiger partial charge on any atom is 0.236 e. The summed E-state index contributed by atoms with van der Waals surface area (Å²) < 4.78 is 5.04. The molecule has 3 rings (SSSR count). The lowest BCUT2D eigenvalue weighted by molar-refractivity contribution is -0.137. The Balaban J connectivity index is 0.00000196. The first-order valence-electron chi connectivity index (χ1n) is 10.00. The second-order valence-corrected chi connectivity index (χ2v) is 7.68. The van der Waals surface area contributed by atoms with Crippen molar-refractivity contribution in [2.45, 2.75) is 44.2 Å². The molecule has 1 aliphatic heterocycles. The second kappa shape index (κ2) is 12.7. The van der Waals surface area contributed by atoms with Crippen LogP contribution in [0.4, 0.5) is 0 Å². The number of nitrogens with one attached hydrogen (secondary N) is 1. The van der Waals surface area contributed by atoms with Crippen molar-refractivity contribution in [3.63, 3.8) is 0 Å². The Labute approximate surface area is 182 Å². The Kier molecular flexibility index (Phi) is 11.4. The number of hydrogen-bond donors (Lipinski definition) is 1. The van der Waals surface area contributed by atoms with Gasteiger partial charge in [-0.15, -0.1) is 24.8 Å². The molecule has 0 radical (unpaired) electrons. The lowest BCUT2D eigenvalue weighted by atomic mass is 9.78. The third-order valence-corrected chi connectivity index (χ3v) is 5.91. The van der Waals surface area contributed by atoms with E-state index >= 15 is 0 Å². The quantitative estimate of drug-likeness (QED) is 0.673. The molecule has 1 saturated heterocycles. The molecule has 2 fully saturated rings. The Morgan fingerprint density at radius 1 is 1.11 bits per heavy atom. The smallest absolute Gasteiger partial charge is 0.236 e. The van der Waals surface area contributed by atoms with Crippen molar-refractivity contribution >= 4 is 30.7 Å². The van der Waals surface area contributed by atoms with Gasteiger partial charge in [0.05, 0.1) is 13.2 Å². The molecule has 0 unspecified atom stereocenters. The molecule has 2 aliphatic rings. The van der Waals surface area contributed by atoms with Crippen molar-refractivity contribution in [2.24, 2.45) is 0 Å². The van der Waals surface area contributed by atoms with Crippen molar-refractivity contribution < 1.29 is 9.53 Å². The molecule has 1 spiro atoms. The number of piperazine rings is 1. The van der Waals surface area contributed by atoms with Crippen molar-refractivity contribution in [1.82, 2.24) is 15.1 Å². The molecular formula is C21H35Cl2N3O2. The van der Waals surface area contributed by atoms with Gasteiger partial charge in [0.25, 0.3) is 0 Å². The van der Waals surface area contributed by atoms with Crippen LogP contribution in [-0.4, -0.2) is 67.7 Å². The fourth-order valence-corrected chi connectivity index (χ4v) is 4.44. The van der Waals surface area contributed by atoms with E-state index in [1.165, 1.54) is 37.7 Å². The number of methoxy groups -OCH3 is 1. The molecule has 0 aromatic heterocycles. The topological polar surface area (TPSA) is 44.8 Å². The molecule has 1 saturated carbocycles. The fourth-order valence-electron chi connectivity index (χ4n) is 4.44. The van der Waals surface area contributed by atoms with Gasteiger partial charge in [-0.1, -0.05) is 49.6 Å². The minimum atomic E-state index is 0. The van der Waals surface area contributed by atoms with Gasteiger partial charge >= 0.3 is 0 Å². The maximum atomic E-state index is 12.7. The number of ether oxygens (including phenoxy) is 1. The summed E-state index contributed by atoms with van der Waals surface area (Å²) in [7, 11) is 1.68. The van der Waals surface area contributed by atoms with Gasteiger partial charge in [-0.3, -0.25) is 9.69 Å². The Morgan fingerprint density at radius 2 is 1.82 bits per heavy atom. The highest BCUT2D eigenvalue weighted by Gasteiger charge is 2.43. The summed E-state index contributed by atoms with van der Waals surface area (Å²) in [6.07, 6.45) is 6.30. The average molecular weight is 432 g/mol. The number of amides is 1. The summed E-state index contributed by atoms with van der Waals surface area (Å²) in [5.74, 6) is 0.227. The van der Waals surface area contributed by atoms with Gasteiger partial charge in [-0.2, -0.15) is 0 Å². The van der Waals surface area contributed by atoms with Crippen molar-refractivity contribution in [1.29, 1.82) is 0 Å². The summed E-state index contributed by atoms with van der Waals surface area (Å²) in [5.41, 5.74) is 1.53. The zero-order chi connectivity index (χ0) is 18.2. The minimum Gasteiger partial charge on any atom is -0.383 e. The highest BCUT2D eigenvalue weighted by Crippen LogP contribution is 2.37. The minimum absolute atomic E-state index is 0. The van der Waals surface area contributed by atoms with Crippen molar-refractivity contribution in [3.05, 3.63) is 35.9 Å². The summed E-state index contributed by atoms with van der Waals surface area (Å²) in [6, 6.07) is 10.7. The molecule has 1 N–H and O–H groups in total. The van der Waals surface area contributed by atoms with Crippen LogP contribution >= 0.6 is 24.8 Å². The van der Waals surface area contributed by atoms with Crippen molar-refractivity contribution in [3.8, 4) is 0 Å². The van der Waals surface area contributed by atoms with Gasteiger partial charge in [0.1, 0.15) is 0 Å². The molecular weight excluding hydrogens is 397 g/mol. The van der Waals surface area contributed by atoms with Gasteiger partial charge in [-0.25, -0.2) is 0 Å². The summed E-state index contributed by atoms with van der Waals surface area (Å²) >= 11 is 0. The Morgan fingerprint density at radius 3 is 2.50 bits per heavy atom. The zero-order valence-electron chi connectivity index (χ0n) is 16.9. The summed E-state index contributed by atoms with van der Waals surface area (Å²) in [4.78, 5) is 17.4. The van der Waals surface area contributed by atoms with Gasteiger partial charge in [0, 0.05) is 45.4 Å². The Bertz CT molecular complexity index is 568. The van der Waals surface area contributed by atoms with Crippen LogP contribution in [0.3, 0.4) is 0 Å². The largest absolute Gasteiger partial charge is 0.383 e. The number of benzene rings is 1. The van der Waals surface area contributed by atoms with Crippen LogP contribution in [0.15, 0.2) is 30.3 Å². The molecule has 5 nitrogen and oxygen atoms in total. The van der Waals surface area contributed by atoms with E-state index in [1.54, 1.807) is 7.11 Å². The van der Waals surface area contributed by atoms with E-state index in [1.807, 2.05) is 0 Å². The Hall–Kier alpha value is -0.850. The number of carbonyl (C=O) groups excluding carboxylic acids is 1. The van der Waals surface area contributed by atoms with Crippen LogP contribution in [0.5, 0.6) is 0 Å². The van der Waals surface area contributed by atoms with Crippen LogP contribution < -0.4 is 5.32 Å². The molecule has 7 heteroatoms. The van der Waals surface area contributed by atoms with Gasteiger partial charge in [-0.05, 0) is 18.4 Å². The second-order valence-electron chi connectivity index (χ2n) is 7.68. The number of hydrogen-bond acceptors (Lipinski definition) is 4. The number of carbonyl (C=O) groups is 1. The van der Waals surface area contributed by atoms with E-state index in [9.17, 15) is 4.79 Å². The summed E-state index contributed by atoms with van der Waals surface area (Å²) in [6.45, 7) is 5.46. The van der Waals surface area contributed by atoms with Crippen LogP contribution in [0.25, 0.3) is 0 Å². The first-order chi connectivity index (χ1) is 12.7. The monoisotopic (exact) mass is 431 g/mol. The van der Waals surface area contributed by atoms with Crippen molar-refractivity contribution in [2.75, 3.05) is 46.4 Å². The molecule has 1 aliphatic carbocycles. The van der Waals surface area contributed by atoms with Gasteiger partial charge in [0.2, 0.25) is 5.91 Å². The first-order valence-corrected chi connectivity index (χ1v) is 10.00. The van der Waals surface area contributed by atoms with Crippen LogP contribution in [0, 0.1) is 0 Å². The highest BCUT2D eigenvalue weighted by molar-refractivity contribution is 5.85. The molecule has 1 amide bonds. The molecule has 1 aromatic rings. The highest BCUT2D eigenvalue weighted by atomic mass is 35.5. The normalized spacial score (nSPS) is 19.0. The SMILES string of the molecule is COCCNCC(=O)N1CCN(Cc2ccccc2)C2(CCCCC2)C1.Cl.Cl. The van der Waals surface area contributed by atoms with Gasteiger partial charge < -0.3 is 15.0 Å². The number of rotatable bonds is 7. The summed E-state index contributed by atoms with van der Waals surface area (Å²) in [5, 5.41) is 3.20. The fraction of sp³-hybridized carbons (Fsp3) is 0.667. The lowest BCUT2D eigenvalue weighted by Gasteiger charge is -2.53. The maximum absolute atomic E-state index is 12.7. The van der Waals surface area contributed by atoms with E-state index < -0.39 is 0 Å². The number of halogens is 2. The molecule has 0 atom stereocenters. The first kappa shape index (κ1) is 25.2. The zero-order valence-corrected chi connectivity index (χ0v) is 18.5. The molecule has 1 heterocycles. The molecule has 1 aromatic carbocycles. The lowest BCUT2D eigenvalue weighted by Crippen LogP contribution is -2.64. The average Bonchev–Trinajstić information content (AvgIpc) is 2.68. The standard InChI is InChI=1S/C21H33N3O2.2ClH/c1-26-15-12-22-16-20(25)23-13-14-24(17-19-8-4-2-5-9-19)21(18-23)10-6-3-7-11-21;;/h2,4-5,8-9,22H,3,6-7,10-18H2,1H3;2*1H. The van der Waals surface area contributed by atoms with E-state index in [-0.39, 0.29) is 36.3 Å². The van der Waals surface area contributed by atoms with E-state index in [4.69, 9.17) is 4.74 Å². The van der Waals surface area contributed by atoms with Crippen LogP contribution in [0.1, 0.15) is 37.7 Å². The molecule has 28 heavy (non-hydrogen) atoms. The predicted octanol–water partition coefficient (Wildman–Crippen LogP) is 3.11. The predicted molar refractivity (Wildman–Crippen MR) is 118 cm³/mol. The van der Waals surface area contributed by atoms with E-state index in [2.05, 4.69) is 45.4 Å². The third kappa shape index (κ3) is 6.60. The van der Waals surface area contributed by atoms with Crippen LogP contribution in [-0.2, 0) is 16.1 Å². The third-order valence-electron chi connectivity index (χ3n) is 5.91. The molecule has 0 bridgehead atoms. The van der Waals surface area contributed by atoms with E-state index in [0.717, 1.165) is 32.7 Å². The van der Waals surface area contributed by atoms with E-state index in [0.29, 0.717) is 13.2 Å².